The molecule has 1 aromatic carbocycles. The van der Waals surface area contributed by atoms with Crippen molar-refractivity contribution in [1.29, 1.82) is 0 Å². The number of amides is 2. The zero-order chi connectivity index (χ0) is 26.8. The molecule has 3 unspecified atom stereocenters. The van der Waals surface area contributed by atoms with E-state index in [-0.39, 0.29) is 47.4 Å². The minimum atomic E-state index is -4.42. The SMILES string of the molecule is CCC(NC1=NC(C)C2=C(C[N+](C)(C(C)=O)CC2)C(=O)N1OCC(C)C)c1ccc(C(F)(F)F)cc1. The minimum Gasteiger partial charge on any atom is -0.347 e. The van der Waals surface area contributed by atoms with Gasteiger partial charge in [0.05, 0.1) is 50.3 Å². The number of rotatable bonds is 6. The summed E-state index contributed by atoms with van der Waals surface area (Å²) in [5.41, 5.74) is 1.33. The van der Waals surface area contributed by atoms with Crippen LogP contribution < -0.4 is 5.32 Å². The van der Waals surface area contributed by atoms with E-state index in [1.807, 2.05) is 34.7 Å². The lowest BCUT2D eigenvalue weighted by molar-refractivity contribution is -0.830. The van der Waals surface area contributed by atoms with E-state index in [4.69, 9.17) is 9.83 Å². The second-order valence-electron chi connectivity index (χ2n) is 10.2. The third-order valence-corrected chi connectivity index (χ3v) is 6.87. The van der Waals surface area contributed by atoms with Crippen molar-refractivity contribution in [3.63, 3.8) is 0 Å². The highest BCUT2D eigenvalue weighted by Gasteiger charge is 2.43. The summed E-state index contributed by atoms with van der Waals surface area (Å²) in [6.07, 6.45) is -3.32. The molecule has 0 bridgehead atoms. The zero-order valence-electron chi connectivity index (χ0n) is 21.8. The summed E-state index contributed by atoms with van der Waals surface area (Å²) in [4.78, 5) is 36.9. The lowest BCUT2D eigenvalue weighted by Crippen LogP contribution is -2.55. The van der Waals surface area contributed by atoms with Crippen LogP contribution in [0.1, 0.15) is 64.6 Å². The number of nitrogens with one attached hydrogen (secondary N) is 1. The van der Waals surface area contributed by atoms with E-state index in [9.17, 15) is 22.8 Å². The highest BCUT2D eigenvalue weighted by Crippen LogP contribution is 2.32. The van der Waals surface area contributed by atoms with Crippen LogP contribution in [0.3, 0.4) is 0 Å². The van der Waals surface area contributed by atoms with Gasteiger partial charge in [0, 0.05) is 6.42 Å². The van der Waals surface area contributed by atoms with Crippen LogP contribution in [0.2, 0.25) is 0 Å². The van der Waals surface area contributed by atoms with Gasteiger partial charge in [-0.25, -0.2) is 9.79 Å². The van der Waals surface area contributed by atoms with Gasteiger partial charge in [0.1, 0.15) is 6.54 Å². The molecule has 0 spiro atoms. The fourth-order valence-electron chi connectivity index (χ4n) is 4.44. The molecule has 0 aromatic heterocycles. The van der Waals surface area contributed by atoms with Gasteiger partial charge in [0.25, 0.3) is 5.91 Å². The number of hydrogen-bond donors (Lipinski definition) is 1. The molecule has 3 rings (SSSR count). The van der Waals surface area contributed by atoms with Crippen LogP contribution in [0, 0.1) is 5.92 Å². The van der Waals surface area contributed by atoms with E-state index in [0.29, 0.717) is 30.5 Å². The maximum Gasteiger partial charge on any atom is 0.416 e. The minimum absolute atomic E-state index is 0.0199. The van der Waals surface area contributed by atoms with Gasteiger partial charge in [0.2, 0.25) is 5.96 Å². The number of alkyl halides is 3. The molecule has 2 amide bonds. The highest BCUT2D eigenvalue weighted by atomic mass is 19.4. The number of benzene rings is 1. The van der Waals surface area contributed by atoms with Crippen LogP contribution in [0.5, 0.6) is 0 Å². The maximum atomic E-state index is 13.8. The van der Waals surface area contributed by atoms with Gasteiger partial charge < -0.3 is 5.32 Å². The standard InChI is InChI=1S/C26H36F3N4O3/c1-7-23(19-8-10-20(11-9-19)26(27,28)29)31-25-30-17(4)21-12-13-33(6,18(5)34)14-22(21)24(35)32(25)36-15-16(2)3/h8-11,16-17,23H,7,12-15H2,1-6H3,(H,30,31)/q+1. The summed E-state index contributed by atoms with van der Waals surface area (Å²) in [5.74, 6) is -0.0386. The molecule has 1 aromatic rings. The lowest BCUT2D eigenvalue weighted by Gasteiger charge is -2.36. The fourth-order valence-corrected chi connectivity index (χ4v) is 4.44. The number of hydroxylamine groups is 2. The van der Waals surface area contributed by atoms with Gasteiger partial charge in [-0.2, -0.15) is 13.2 Å². The van der Waals surface area contributed by atoms with Crippen LogP contribution in [0.15, 0.2) is 40.4 Å². The first-order chi connectivity index (χ1) is 16.8. The van der Waals surface area contributed by atoms with Gasteiger partial charge >= 0.3 is 12.1 Å². The third kappa shape index (κ3) is 5.98. The first-order valence-corrected chi connectivity index (χ1v) is 12.3. The Morgan fingerprint density at radius 3 is 2.44 bits per heavy atom. The van der Waals surface area contributed by atoms with Crippen molar-refractivity contribution in [3.05, 3.63) is 46.5 Å². The number of aliphatic imine (C=N–C) groups is 1. The Morgan fingerprint density at radius 2 is 1.92 bits per heavy atom. The van der Waals surface area contributed by atoms with Crippen LogP contribution in [0.25, 0.3) is 0 Å². The van der Waals surface area contributed by atoms with Crippen molar-refractivity contribution in [2.24, 2.45) is 10.9 Å². The summed E-state index contributed by atoms with van der Waals surface area (Å²) < 4.78 is 39.2. The van der Waals surface area contributed by atoms with Crippen molar-refractivity contribution in [2.75, 3.05) is 26.7 Å². The number of likely N-dealkylation sites (N-methyl/N-ethyl adjacent to an activating group) is 1. The van der Waals surface area contributed by atoms with Gasteiger partial charge in [-0.1, -0.05) is 32.9 Å². The van der Waals surface area contributed by atoms with E-state index in [1.165, 1.54) is 24.1 Å². The average Bonchev–Trinajstić information content (AvgIpc) is 2.89. The van der Waals surface area contributed by atoms with Crippen molar-refractivity contribution in [2.45, 2.75) is 65.7 Å². The molecule has 2 aliphatic rings. The first-order valence-electron chi connectivity index (χ1n) is 12.3. The molecular formula is C26H36F3N4O3+. The molecule has 3 atom stereocenters. The Kier molecular flexibility index (Phi) is 8.30. The van der Waals surface area contributed by atoms with Crippen LogP contribution in [0.4, 0.5) is 13.2 Å². The van der Waals surface area contributed by atoms with E-state index in [1.54, 1.807) is 0 Å². The Balaban J connectivity index is 1.95. The number of halogens is 3. The number of hydrogen-bond acceptors (Lipinski definition) is 5. The number of guanidine groups is 1. The van der Waals surface area contributed by atoms with Gasteiger partial charge in [0.15, 0.2) is 0 Å². The third-order valence-electron chi connectivity index (χ3n) is 6.87. The zero-order valence-corrected chi connectivity index (χ0v) is 21.8. The summed E-state index contributed by atoms with van der Waals surface area (Å²) in [6, 6.07) is 4.25. The Morgan fingerprint density at radius 1 is 1.28 bits per heavy atom. The molecule has 0 aliphatic carbocycles. The molecule has 36 heavy (non-hydrogen) atoms. The topological polar surface area (TPSA) is 71.0 Å². The second kappa shape index (κ2) is 10.7. The average molecular weight is 510 g/mol. The predicted octanol–water partition coefficient (Wildman–Crippen LogP) is 4.61. The van der Waals surface area contributed by atoms with Crippen molar-refractivity contribution >= 4 is 17.8 Å². The molecular weight excluding hydrogens is 473 g/mol. The molecule has 2 aliphatic heterocycles. The van der Waals surface area contributed by atoms with Crippen molar-refractivity contribution in [3.8, 4) is 0 Å². The molecule has 1 N–H and O–H groups in total. The normalized spacial score (nSPS) is 23.8. The Labute approximate surface area is 210 Å². The van der Waals surface area contributed by atoms with E-state index in [0.717, 1.165) is 17.7 Å². The molecule has 198 valence electrons. The fraction of sp³-hybridized carbons (Fsp3) is 0.577. The van der Waals surface area contributed by atoms with Crippen LogP contribution in [-0.2, 0) is 20.6 Å². The van der Waals surface area contributed by atoms with Gasteiger partial charge in [-0.15, -0.1) is 5.06 Å². The maximum absolute atomic E-state index is 13.8. The number of carbonyl (C=O) groups excluding carboxylic acids is 2. The summed E-state index contributed by atoms with van der Waals surface area (Å²) in [6.45, 7) is 10.4. The summed E-state index contributed by atoms with van der Waals surface area (Å²) in [7, 11) is 1.83. The summed E-state index contributed by atoms with van der Waals surface area (Å²) >= 11 is 0. The highest BCUT2D eigenvalue weighted by molar-refractivity contribution is 6.06. The predicted molar refractivity (Wildman–Crippen MR) is 130 cm³/mol. The molecule has 7 nitrogen and oxygen atoms in total. The molecule has 2 heterocycles. The van der Waals surface area contributed by atoms with E-state index < -0.39 is 17.8 Å². The second-order valence-corrected chi connectivity index (χ2v) is 10.2. The van der Waals surface area contributed by atoms with Crippen molar-refractivity contribution < 1.29 is 32.1 Å². The quantitative estimate of drug-likeness (QED) is 0.569. The molecule has 0 saturated carbocycles. The molecule has 0 fully saturated rings. The van der Waals surface area contributed by atoms with Gasteiger partial charge in [-0.05, 0) is 42.5 Å². The van der Waals surface area contributed by atoms with Gasteiger partial charge in [-0.3, -0.25) is 14.1 Å². The number of nitrogens with zero attached hydrogens (tertiary/aromatic N) is 3. The van der Waals surface area contributed by atoms with Crippen LogP contribution in [-0.4, -0.2) is 60.1 Å². The van der Waals surface area contributed by atoms with E-state index in [2.05, 4.69) is 5.32 Å². The molecule has 0 saturated heterocycles. The largest absolute Gasteiger partial charge is 0.416 e. The number of quaternary nitrogens is 1. The van der Waals surface area contributed by atoms with E-state index >= 15 is 0 Å². The van der Waals surface area contributed by atoms with Crippen molar-refractivity contribution in [1.82, 2.24) is 10.4 Å². The smallest absolute Gasteiger partial charge is 0.347 e. The Bertz CT molecular complexity index is 1050. The molecule has 10 heteroatoms. The van der Waals surface area contributed by atoms with Crippen LogP contribution >= 0.6 is 0 Å². The monoisotopic (exact) mass is 509 g/mol. The molecule has 0 radical (unpaired) electrons. The number of carbonyl (C=O) groups is 2. The first kappa shape index (κ1) is 27.9. The lowest BCUT2D eigenvalue weighted by atomic mass is 9.93. The Hall–Kier alpha value is -2.72. The summed E-state index contributed by atoms with van der Waals surface area (Å²) in [5, 5.41) is 4.43.